The van der Waals surface area contributed by atoms with Crippen LogP contribution in [0.4, 0.5) is 0 Å². The van der Waals surface area contributed by atoms with Crippen molar-refractivity contribution in [2.75, 3.05) is 13.2 Å². The molecule has 0 amide bonds. The SMILES string of the molecule is CC/C=C\C/C=C\C/C=C\C/C=C\C/C=C\CCCCCC(=O)O[C@H](COC(=O)CCCCCCC/C=C\CCCCCCCC)COC(=O)CCCCCCCCCCCCC. The lowest BCUT2D eigenvalue weighted by molar-refractivity contribution is -0.167. The largest absolute Gasteiger partial charge is 0.462 e. The molecule has 0 aliphatic carbocycles. The van der Waals surface area contributed by atoms with Crippen LogP contribution in [-0.2, 0) is 28.6 Å². The summed E-state index contributed by atoms with van der Waals surface area (Å²) in [5.74, 6) is -0.928. The Bertz CT molecular complexity index is 1190. The van der Waals surface area contributed by atoms with Gasteiger partial charge in [-0.15, -0.1) is 0 Å². The number of ether oxygens (including phenoxy) is 3. The predicted octanol–water partition coefficient (Wildman–Crippen LogP) is 17.4. The lowest BCUT2D eigenvalue weighted by Crippen LogP contribution is -2.30. The second-order valence-corrected chi connectivity index (χ2v) is 17.4. The van der Waals surface area contributed by atoms with E-state index in [0.717, 1.165) is 103 Å². The molecule has 0 unspecified atom stereocenters. The molecule has 0 N–H and O–H groups in total. The molecule has 6 nitrogen and oxygen atoms in total. The molecule has 0 heterocycles. The summed E-state index contributed by atoms with van der Waals surface area (Å²) in [5.41, 5.74) is 0. The highest BCUT2D eigenvalue weighted by Gasteiger charge is 2.19. The van der Waals surface area contributed by atoms with Gasteiger partial charge in [0, 0.05) is 19.3 Å². The van der Waals surface area contributed by atoms with Crippen LogP contribution in [-0.4, -0.2) is 37.2 Å². The van der Waals surface area contributed by atoms with Crippen LogP contribution < -0.4 is 0 Å². The van der Waals surface area contributed by atoms with E-state index in [0.29, 0.717) is 12.8 Å². The topological polar surface area (TPSA) is 78.9 Å². The van der Waals surface area contributed by atoms with Crippen molar-refractivity contribution in [2.45, 2.75) is 258 Å². The van der Waals surface area contributed by atoms with E-state index in [1.54, 1.807) is 0 Å². The molecule has 0 saturated carbocycles. The zero-order chi connectivity index (χ0) is 45.8. The van der Waals surface area contributed by atoms with Crippen molar-refractivity contribution in [3.8, 4) is 0 Å². The maximum atomic E-state index is 12.8. The van der Waals surface area contributed by atoms with Gasteiger partial charge in [-0.1, -0.05) is 216 Å². The lowest BCUT2D eigenvalue weighted by Gasteiger charge is -2.18. The fourth-order valence-corrected chi connectivity index (χ4v) is 7.23. The van der Waals surface area contributed by atoms with Gasteiger partial charge in [-0.05, 0) is 89.9 Å². The Balaban J connectivity index is 4.44. The van der Waals surface area contributed by atoms with Crippen molar-refractivity contribution in [3.63, 3.8) is 0 Å². The number of carbonyl (C=O) groups is 3. The lowest BCUT2D eigenvalue weighted by atomic mass is 10.1. The maximum Gasteiger partial charge on any atom is 0.306 e. The molecule has 0 aromatic heterocycles. The zero-order valence-electron chi connectivity index (χ0n) is 41.3. The van der Waals surface area contributed by atoms with E-state index in [9.17, 15) is 14.4 Å². The summed E-state index contributed by atoms with van der Waals surface area (Å²) in [4.78, 5) is 38.0. The summed E-state index contributed by atoms with van der Waals surface area (Å²) in [6.07, 6.45) is 64.5. The minimum Gasteiger partial charge on any atom is -0.462 e. The molecule has 6 heteroatoms. The molecule has 63 heavy (non-hydrogen) atoms. The number of allylic oxidation sites excluding steroid dienone is 12. The van der Waals surface area contributed by atoms with Crippen molar-refractivity contribution < 1.29 is 28.6 Å². The molecule has 362 valence electrons. The van der Waals surface area contributed by atoms with Gasteiger partial charge in [0.1, 0.15) is 13.2 Å². The van der Waals surface area contributed by atoms with E-state index in [1.807, 2.05) is 0 Å². The average Bonchev–Trinajstić information content (AvgIpc) is 3.28. The predicted molar refractivity (Wildman–Crippen MR) is 270 cm³/mol. The van der Waals surface area contributed by atoms with E-state index < -0.39 is 6.10 Å². The minimum atomic E-state index is -0.793. The molecular weight excluding hydrogens is 781 g/mol. The molecule has 0 bridgehead atoms. The molecule has 0 aliphatic rings. The van der Waals surface area contributed by atoms with Crippen LogP contribution in [0.5, 0.6) is 0 Å². The quantitative estimate of drug-likeness (QED) is 0.0262. The van der Waals surface area contributed by atoms with Gasteiger partial charge >= 0.3 is 17.9 Å². The molecule has 0 spiro atoms. The fraction of sp³-hybridized carbons (Fsp3) is 0.737. The first-order chi connectivity index (χ1) is 31.0. The van der Waals surface area contributed by atoms with Crippen molar-refractivity contribution in [1.82, 2.24) is 0 Å². The highest BCUT2D eigenvalue weighted by Crippen LogP contribution is 2.14. The first-order valence-corrected chi connectivity index (χ1v) is 26.4. The summed E-state index contributed by atoms with van der Waals surface area (Å²) in [5, 5.41) is 0. The van der Waals surface area contributed by atoms with Crippen molar-refractivity contribution >= 4 is 17.9 Å². The third-order valence-corrected chi connectivity index (χ3v) is 11.2. The van der Waals surface area contributed by atoms with E-state index in [1.165, 1.54) is 109 Å². The molecule has 0 radical (unpaired) electrons. The normalized spacial score (nSPS) is 12.6. The molecule has 0 aromatic carbocycles. The van der Waals surface area contributed by atoms with Gasteiger partial charge in [-0.3, -0.25) is 14.4 Å². The Hall–Kier alpha value is -3.15. The summed E-state index contributed by atoms with van der Waals surface area (Å²) in [6.45, 7) is 6.48. The summed E-state index contributed by atoms with van der Waals surface area (Å²) >= 11 is 0. The van der Waals surface area contributed by atoms with Crippen LogP contribution >= 0.6 is 0 Å². The van der Waals surface area contributed by atoms with Gasteiger partial charge in [-0.25, -0.2) is 0 Å². The minimum absolute atomic E-state index is 0.0899. The van der Waals surface area contributed by atoms with Gasteiger partial charge in [0.25, 0.3) is 0 Å². The Labute approximate surface area is 389 Å². The van der Waals surface area contributed by atoms with Crippen LogP contribution in [0.3, 0.4) is 0 Å². The van der Waals surface area contributed by atoms with Gasteiger partial charge < -0.3 is 14.2 Å². The van der Waals surface area contributed by atoms with Crippen LogP contribution in [0, 0.1) is 0 Å². The average molecular weight is 879 g/mol. The smallest absolute Gasteiger partial charge is 0.306 e. The highest BCUT2D eigenvalue weighted by molar-refractivity contribution is 5.71. The van der Waals surface area contributed by atoms with Gasteiger partial charge in [-0.2, -0.15) is 0 Å². The third kappa shape index (κ3) is 49.7. The van der Waals surface area contributed by atoms with E-state index in [-0.39, 0.29) is 37.5 Å². The molecule has 0 saturated heterocycles. The summed E-state index contributed by atoms with van der Waals surface area (Å²) in [7, 11) is 0. The monoisotopic (exact) mass is 879 g/mol. The number of hydrogen-bond acceptors (Lipinski definition) is 6. The Kier molecular flexibility index (Phi) is 48.9. The Morgan fingerprint density at radius 1 is 0.333 bits per heavy atom. The maximum absolute atomic E-state index is 12.8. The van der Waals surface area contributed by atoms with Gasteiger partial charge in [0.05, 0.1) is 0 Å². The molecule has 0 fully saturated rings. The zero-order valence-corrected chi connectivity index (χ0v) is 41.3. The van der Waals surface area contributed by atoms with Crippen LogP contribution in [0.2, 0.25) is 0 Å². The second kappa shape index (κ2) is 51.5. The second-order valence-electron chi connectivity index (χ2n) is 17.4. The summed E-state index contributed by atoms with van der Waals surface area (Å²) < 4.78 is 16.8. The van der Waals surface area contributed by atoms with E-state index in [4.69, 9.17) is 14.2 Å². The summed E-state index contributed by atoms with van der Waals surface area (Å²) in [6, 6.07) is 0. The first kappa shape index (κ1) is 59.9. The standard InChI is InChI=1S/C57H98O6/c1-4-7-10-13-16-19-22-24-26-27-28-29-31-33-36-39-42-45-48-51-57(60)63-54(52-61-55(58)49-46-43-40-37-34-21-18-15-12-9-6-3)53-62-56(59)50-47-44-41-38-35-32-30-25-23-20-17-14-11-8-5-2/h7,10,16,19,24-26,28-30,33,36,54H,4-6,8-9,11-15,17-18,20-23,27,31-32,34-35,37-53H2,1-3H3/b10-7-,19-16-,26-24-,29-28-,30-25-,36-33-/t54-/m0/s1. The van der Waals surface area contributed by atoms with E-state index in [2.05, 4.69) is 93.7 Å². The number of hydrogen-bond donors (Lipinski definition) is 0. The molecular formula is C57H98O6. The van der Waals surface area contributed by atoms with Crippen LogP contribution in [0.15, 0.2) is 72.9 Å². The Morgan fingerprint density at radius 3 is 1.00 bits per heavy atom. The number of rotatable bonds is 47. The molecule has 0 rings (SSSR count). The Morgan fingerprint density at radius 2 is 0.619 bits per heavy atom. The molecule has 1 atom stereocenters. The first-order valence-electron chi connectivity index (χ1n) is 26.4. The van der Waals surface area contributed by atoms with Crippen LogP contribution in [0.25, 0.3) is 0 Å². The van der Waals surface area contributed by atoms with Crippen molar-refractivity contribution in [3.05, 3.63) is 72.9 Å². The number of esters is 3. The van der Waals surface area contributed by atoms with Crippen molar-refractivity contribution in [1.29, 1.82) is 0 Å². The number of unbranched alkanes of at least 4 members (excludes halogenated alkanes) is 24. The number of carbonyl (C=O) groups excluding carboxylic acids is 3. The molecule has 0 aromatic rings. The van der Waals surface area contributed by atoms with Gasteiger partial charge in [0.15, 0.2) is 6.10 Å². The van der Waals surface area contributed by atoms with Crippen LogP contribution in [0.1, 0.15) is 252 Å². The highest BCUT2D eigenvalue weighted by atomic mass is 16.6. The van der Waals surface area contributed by atoms with Gasteiger partial charge in [0.2, 0.25) is 0 Å². The van der Waals surface area contributed by atoms with E-state index >= 15 is 0 Å². The van der Waals surface area contributed by atoms with Crippen molar-refractivity contribution in [2.24, 2.45) is 0 Å². The fourth-order valence-electron chi connectivity index (χ4n) is 7.23. The third-order valence-electron chi connectivity index (χ3n) is 11.2. The molecule has 0 aliphatic heterocycles.